The molecule has 2 bridgehead atoms. The van der Waals surface area contributed by atoms with Gasteiger partial charge in [0, 0.05) is 68.0 Å². The van der Waals surface area contributed by atoms with Crippen LogP contribution >= 0.6 is 11.6 Å². The molecule has 5 nitrogen and oxygen atoms in total. The Morgan fingerprint density at radius 1 is 0.951 bits per heavy atom. The minimum absolute atomic E-state index is 0.259. The van der Waals surface area contributed by atoms with E-state index in [4.69, 9.17) is 11.6 Å². The Morgan fingerprint density at radius 3 is 2.41 bits per heavy atom. The number of fused-ring (bicyclic) bond motifs is 4. The Labute approximate surface area is 250 Å². The fourth-order valence-electron chi connectivity index (χ4n) is 8.30. The molecule has 218 valence electrons. The molecule has 6 heteroatoms. The average Bonchev–Trinajstić information content (AvgIpc) is 3.32. The number of benzene rings is 2. The highest BCUT2D eigenvalue weighted by molar-refractivity contribution is 6.30. The second-order valence-corrected chi connectivity index (χ2v) is 14.5. The maximum absolute atomic E-state index is 13.7. The first-order valence-corrected chi connectivity index (χ1v) is 16.3. The Morgan fingerprint density at radius 2 is 1.71 bits per heavy atom. The van der Waals surface area contributed by atoms with Crippen molar-refractivity contribution in [3.05, 3.63) is 75.3 Å². The number of carbonyl (C=O) groups is 1. The van der Waals surface area contributed by atoms with Crippen molar-refractivity contribution in [1.29, 1.82) is 0 Å². The highest BCUT2D eigenvalue weighted by atomic mass is 35.5. The summed E-state index contributed by atoms with van der Waals surface area (Å²) in [5, 5.41) is 4.30. The van der Waals surface area contributed by atoms with Crippen molar-refractivity contribution < 1.29 is 4.79 Å². The van der Waals surface area contributed by atoms with Gasteiger partial charge in [0.15, 0.2) is 0 Å². The van der Waals surface area contributed by atoms with Gasteiger partial charge in [0.2, 0.25) is 0 Å². The van der Waals surface area contributed by atoms with Gasteiger partial charge in [0.25, 0.3) is 5.91 Å². The molecule has 0 saturated carbocycles. The van der Waals surface area contributed by atoms with Crippen molar-refractivity contribution in [2.24, 2.45) is 5.41 Å². The van der Waals surface area contributed by atoms with E-state index in [9.17, 15) is 4.79 Å². The van der Waals surface area contributed by atoms with Gasteiger partial charge in [-0.05, 0) is 91.3 Å². The molecule has 3 unspecified atom stereocenters. The third kappa shape index (κ3) is 5.51. The summed E-state index contributed by atoms with van der Waals surface area (Å²) < 4.78 is 0. The van der Waals surface area contributed by atoms with Crippen LogP contribution in [0.15, 0.2) is 48.0 Å². The predicted octanol–water partition coefficient (Wildman–Crippen LogP) is 6.36. The highest BCUT2D eigenvalue weighted by Crippen LogP contribution is 2.44. The standard InChI is InChI=1S/C35H45ClN4O/c1-35(2)15-14-25(32(17-35)24-8-10-28(36)11-9-24)19-38-22-31-13-12-30(38)23-39(31)20-26-5-3-6-27-21-40(34(41)33(26)27)29-7-4-16-37-18-29/h3,5-6,8-11,29-31,37H,4,7,12-23H2,1-2H3. The number of hydrogen-bond donors (Lipinski definition) is 1. The van der Waals surface area contributed by atoms with E-state index in [0.717, 1.165) is 75.7 Å². The number of hydrogen-bond acceptors (Lipinski definition) is 4. The Kier molecular flexibility index (Phi) is 7.52. The fraction of sp³-hybridized carbons (Fsp3) is 0.571. The van der Waals surface area contributed by atoms with E-state index in [0.29, 0.717) is 23.5 Å². The number of nitrogens with zero attached hydrogens (tertiary/aromatic N) is 3. The van der Waals surface area contributed by atoms with Gasteiger partial charge in [-0.2, -0.15) is 0 Å². The number of carbonyl (C=O) groups excluding carboxylic acids is 1. The average molecular weight is 573 g/mol. The molecule has 5 aliphatic heterocycles. The van der Waals surface area contributed by atoms with Crippen LogP contribution in [0.3, 0.4) is 0 Å². The van der Waals surface area contributed by atoms with Crippen LogP contribution in [0.5, 0.6) is 0 Å². The fourth-order valence-corrected chi connectivity index (χ4v) is 8.43. The normalized spacial score (nSPS) is 28.4. The molecule has 41 heavy (non-hydrogen) atoms. The smallest absolute Gasteiger partial charge is 0.255 e. The molecule has 8 rings (SSSR count). The van der Waals surface area contributed by atoms with E-state index in [1.165, 1.54) is 42.4 Å². The lowest BCUT2D eigenvalue weighted by atomic mass is 9.72. The SMILES string of the molecule is CC1(C)CCC(CN2CC3CCC2CN3Cc2cccc3c2C(=O)N(C2CCCNC2)C3)=C(c2ccc(Cl)cc2)C1. The van der Waals surface area contributed by atoms with Gasteiger partial charge in [-0.25, -0.2) is 0 Å². The maximum atomic E-state index is 13.7. The topological polar surface area (TPSA) is 38.8 Å². The van der Waals surface area contributed by atoms with Crippen molar-refractivity contribution >= 4 is 23.1 Å². The van der Waals surface area contributed by atoms with E-state index in [2.05, 4.69) is 64.2 Å². The quantitative estimate of drug-likeness (QED) is 0.437. The van der Waals surface area contributed by atoms with Crippen molar-refractivity contribution in [2.45, 2.75) is 90.0 Å². The molecule has 0 radical (unpaired) electrons. The molecule has 0 spiro atoms. The summed E-state index contributed by atoms with van der Waals surface area (Å²) in [4.78, 5) is 21.3. The summed E-state index contributed by atoms with van der Waals surface area (Å²) >= 11 is 6.24. The van der Waals surface area contributed by atoms with Gasteiger partial charge in [-0.15, -0.1) is 0 Å². The van der Waals surface area contributed by atoms with Crippen molar-refractivity contribution in [3.8, 4) is 0 Å². The van der Waals surface area contributed by atoms with Crippen LogP contribution in [0.25, 0.3) is 5.57 Å². The number of piperidine rings is 3. The zero-order valence-electron chi connectivity index (χ0n) is 24.8. The number of halogens is 1. The largest absolute Gasteiger partial charge is 0.330 e. The first-order chi connectivity index (χ1) is 19.8. The van der Waals surface area contributed by atoms with Gasteiger partial charge in [0.1, 0.15) is 0 Å². The lowest BCUT2D eigenvalue weighted by Gasteiger charge is -2.52. The molecular weight excluding hydrogens is 528 g/mol. The van der Waals surface area contributed by atoms with Crippen LogP contribution in [-0.2, 0) is 13.1 Å². The molecule has 1 aliphatic carbocycles. The van der Waals surface area contributed by atoms with E-state index >= 15 is 0 Å². The summed E-state index contributed by atoms with van der Waals surface area (Å²) in [6, 6.07) is 16.6. The molecule has 6 aliphatic rings. The van der Waals surface area contributed by atoms with Gasteiger partial charge < -0.3 is 10.2 Å². The molecule has 0 aromatic heterocycles. The van der Waals surface area contributed by atoms with Crippen LogP contribution in [-0.4, -0.2) is 71.5 Å². The molecule has 1 amide bonds. The Bertz CT molecular complexity index is 1330. The lowest BCUT2D eigenvalue weighted by molar-refractivity contribution is -0.0208. The number of nitrogens with one attached hydrogen (secondary N) is 1. The second kappa shape index (κ2) is 11.1. The molecule has 4 fully saturated rings. The number of amides is 1. The third-order valence-electron chi connectivity index (χ3n) is 10.7. The first kappa shape index (κ1) is 27.6. The summed E-state index contributed by atoms with van der Waals surface area (Å²) in [5.41, 5.74) is 8.33. The summed E-state index contributed by atoms with van der Waals surface area (Å²) in [6.45, 7) is 11.8. The molecule has 4 saturated heterocycles. The molecule has 5 heterocycles. The molecule has 3 atom stereocenters. The first-order valence-electron chi connectivity index (χ1n) is 15.9. The van der Waals surface area contributed by atoms with Crippen molar-refractivity contribution in [3.63, 3.8) is 0 Å². The van der Waals surface area contributed by atoms with Gasteiger partial charge in [-0.3, -0.25) is 14.6 Å². The van der Waals surface area contributed by atoms with E-state index in [1.54, 1.807) is 11.1 Å². The number of piperazine rings is 1. The number of rotatable bonds is 6. The Hall–Kier alpha value is -2.18. The summed E-state index contributed by atoms with van der Waals surface area (Å²) in [5.74, 6) is 0.259. The minimum atomic E-state index is 0.259. The third-order valence-corrected chi connectivity index (χ3v) is 10.9. The second-order valence-electron chi connectivity index (χ2n) is 14.1. The zero-order chi connectivity index (χ0) is 28.1. The number of allylic oxidation sites excluding steroid dienone is 1. The predicted molar refractivity (Wildman–Crippen MR) is 167 cm³/mol. The van der Waals surface area contributed by atoms with Crippen molar-refractivity contribution in [1.82, 2.24) is 20.0 Å². The van der Waals surface area contributed by atoms with E-state index in [1.807, 2.05) is 12.1 Å². The molecular formula is C35H45ClN4O. The monoisotopic (exact) mass is 572 g/mol. The van der Waals surface area contributed by atoms with Crippen LogP contribution < -0.4 is 5.32 Å². The van der Waals surface area contributed by atoms with Gasteiger partial charge in [0.05, 0.1) is 0 Å². The van der Waals surface area contributed by atoms with Crippen LogP contribution in [0, 0.1) is 5.41 Å². The molecule has 2 aromatic rings. The summed E-state index contributed by atoms with van der Waals surface area (Å²) in [6.07, 6.45) is 8.40. The maximum Gasteiger partial charge on any atom is 0.255 e. The van der Waals surface area contributed by atoms with E-state index in [-0.39, 0.29) is 5.91 Å². The van der Waals surface area contributed by atoms with Crippen LogP contribution in [0.4, 0.5) is 0 Å². The van der Waals surface area contributed by atoms with Gasteiger partial charge >= 0.3 is 0 Å². The Balaban J connectivity index is 1.06. The minimum Gasteiger partial charge on any atom is -0.330 e. The highest BCUT2D eigenvalue weighted by Gasteiger charge is 2.41. The van der Waals surface area contributed by atoms with Crippen LogP contribution in [0.2, 0.25) is 5.02 Å². The van der Waals surface area contributed by atoms with Gasteiger partial charge in [-0.1, -0.05) is 61.4 Å². The molecule has 2 aromatic carbocycles. The van der Waals surface area contributed by atoms with E-state index < -0.39 is 0 Å². The zero-order valence-corrected chi connectivity index (χ0v) is 25.6. The molecule has 1 N–H and O–H groups in total. The van der Waals surface area contributed by atoms with Crippen molar-refractivity contribution in [2.75, 3.05) is 32.7 Å². The summed E-state index contributed by atoms with van der Waals surface area (Å²) in [7, 11) is 0. The van der Waals surface area contributed by atoms with Crippen LogP contribution in [0.1, 0.15) is 85.8 Å². The lowest BCUT2D eigenvalue weighted by Crippen LogP contribution is -2.62.